The molecule has 0 heterocycles. The largest absolute Gasteiger partial charge is 0.379 e. The van der Waals surface area contributed by atoms with E-state index < -0.39 is 0 Å². The van der Waals surface area contributed by atoms with E-state index in [-0.39, 0.29) is 17.1 Å². The molecule has 0 aliphatic heterocycles. The molecule has 0 saturated carbocycles. The van der Waals surface area contributed by atoms with Gasteiger partial charge in [-0.25, -0.2) is 0 Å². The fraction of sp³-hybridized carbons (Fsp3) is 0.857. The van der Waals surface area contributed by atoms with Gasteiger partial charge in [-0.15, -0.1) is 0 Å². The van der Waals surface area contributed by atoms with Crippen LogP contribution in [0.2, 0.25) is 0 Å². The van der Waals surface area contributed by atoms with Gasteiger partial charge >= 0.3 is 0 Å². The number of carbonyl (C=O) groups is 2. The van der Waals surface area contributed by atoms with Crippen LogP contribution < -0.4 is 5.32 Å². The molecule has 0 unspecified atom stereocenters. The Morgan fingerprint density at radius 3 is 2.11 bits per heavy atom. The van der Waals surface area contributed by atoms with Crippen molar-refractivity contribution in [2.24, 2.45) is 5.41 Å². The standard InChI is InChI=1S/C14H27NO4/c1-5-12(16)6-8-18-10-11-19-9-7-15-13(17)14(2,3)4/h5-11H2,1-4H3,(H,15,17). The van der Waals surface area contributed by atoms with E-state index in [1.807, 2.05) is 27.7 Å². The highest BCUT2D eigenvalue weighted by molar-refractivity contribution is 5.81. The van der Waals surface area contributed by atoms with Gasteiger partial charge in [-0.05, 0) is 0 Å². The van der Waals surface area contributed by atoms with E-state index >= 15 is 0 Å². The van der Waals surface area contributed by atoms with E-state index in [0.717, 1.165) is 0 Å². The monoisotopic (exact) mass is 273 g/mol. The second kappa shape index (κ2) is 9.92. The van der Waals surface area contributed by atoms with E-state index in [1.165, 1.54) is 0 Å². The van der Waals surface area contributed by atoms with Gasteiger partial charge in [0.2, 0.25) is 5.91 Å². The number of rotatable bonds is 10. The number of hydrogen-bond acceptors (Lipinski definition) is 4. The van der Waals surface area contributed by atoms with Gasteiger partial charge in [0, 0.05) is 24.8 Å². The predicted octanol–water partition coefficient (Wildman–Crippen LogP) is 1.55. The van der Waals surface area contributed by atoms with E-state index in [4.69, 9.17) is 9.47 Å². The third kappa shape index (κ3) is 10.7. The maximum Gasteiger partial charge on any atom is 0.225 e. The van der Waals surface area contributed by atoms with E-state index in [2.05, 4.69) is 5.32 Å². The second-order valence-electron chi connectivity index (χ2n) is 5.37. The fourth-order valence-electron chi connectivity index (χ4n) is 1.19. The Hall–Kier alpha value is -0.940. The molecule has 0 aromatic carbocycles. The highest BCUT2D eigenvalue weighted by Crippen LogP contribution is 2.11. The topological polar surface area (TPSA) is 64.6 Å². The number of carbonyl (C=O) groups excluding carboxylic acids is 2. The van der Waals surface area contributed by atoms with Crippen molar-refractivity contribution in [3.8, 4) is 0 Å². The Labute approximate surface area is 116 Å². The van der Waals surface area contributed by atoms with E-state index in [9.17, 15) is 9.59 Å². The maximum absolute atomic E-state index is 11.5. The Morgan fingerprint density at radius 1 is 1.00 bits per heavy atom. The molecule has 0 fully saturated rings. The van der Waals surface area contributed by atoms with Crippen LogP contribution in [0.4, 0.5) is 0 Å². The molecular weight excluding hydrogens is 246 g/mol. The Kier molecular flexibility index (Phi) is 9.43. The first kappa shape index (κ1) is 18.1. The molecule has 0 saturated heterocycles. The molecule has 0 atom stereocenters. The molecule has 5 nitrogen and oxygen atoms in total. The van der Waals surface area contributed by atoms with Gasteiger partial charge in [0.15, 0.2) is 0 Å². The minimum atomic E-state index is -0.366. The second-order valence-corrected chi connectivity index (χ2v) is 5.37. The third-order valence-corrected chi connectivity index (χ3v) is 2.50. The summed E-state index contributed by atoms with van der Waals surface area (Å²) in [5.41, 5.74) is -0.366. The van der Waals surface area contributed by atoms with Crippen molar-refractivity contribution in [2.45, 2.75) is 40.5 Å². The quantitative estimate of drug-likeness (QED) is 0.613. The zero-order chi connectivity index (χ0) is 14.7. The fourth-order valence-corrected chi connectivity index (χ4v) is 1.19. The van der Waals surface area contributed by atoms with Crippen LogP contribution in [0.25, 0.3) is 0 Å². The number of hydrogen-bond donors (Lipinski definition) is 1. The number of amides is 1. The maximum atomic E-state index is 11.5. The molecule has 1 amide bonds. The summed E-state index contributed by atoms with van der Waals surface area (Å²) in [5.74, 6) is 0.233. The van der Waals surface area contributed by atoms with E-state index in [1.54, 1.807) is 0 Å². The van der Waals surface area contributed by atoms with Gasteiger partial charge in [-0.3, -0.25) is 9.59 Å². The SMILES string of the molecule is CCC(=O)CCOCCOCCNC(=O)C(C)(C)C. The zero-order valence-electron chi connectivity index (χ0n) is 12.6. The van der Waals surface area contributed by atoms with Crippen LogP contribution in [0.5, 0.6) is 0 Å². The first-order chi connectivity index (χ1) is 8.88. The van der Waals surface area contributed by atoms with Crippen molar-refractivity contribution in [1.29, 1.82) is 0 Å². The number of ketones is 1. The molecule has 112 valence electrons. The summed E-state index contributed by atoms with van der Waals surface area (Å²) in [6.07, 6.45) is 1.03. The normalized spacial score (nSPS) is 11.4. The van der Waals surface area contributed by atoms with Gasteiger partial charge < -0.3 is 14.8 Å². The molecular formula is C14H27NO4. The first-order valence-electron chi connectivity index (χ1n) is 6.83. The summed E-state index contributed by atoms with van der Waals surface area (Å²) in [6, 6.07) is 0. The summed E-state index contributed by atoms with van der Waals surface area (Å²) in [7, 11) is 0. The molecule has 0 bridgehead atoms. The molecule has 1 N–H and O–H groups in total. The highest BCUT2D eigenvalue weighted by Gasteiger charge is 2.20. The molecule has 0 aromatic heterocycles. The lowest BCUT2D eigenvalue weighted by molar-refractivity contribution is -0.128. The van der Waals surface area contributed by atoms with Crippen molar-refractivity contribution in [3.63, 3.8) is 0 Å². The van der Waals surface area contributed by atoms with Crippen molar-refractivity contribution >= 4 is 11.7 Å². The summed E-state index contributed by atoms with van der Waals surface area (Å²) in [4.78, 5) is 22.5. The zero-order valence-corrected chi connectivity index (χ0v) is 12.6. The average molecular weight is 273 g/mol. The van der Waals surface area contributed by atoms with Crippen LogP contribution in [-0.2, 0) is 19.1 Å². The highest BCUT2D eigenvalue weighted by atomic mass is 16.5. The smallest absolute Gasteiger partial charge is 0.225 e. The minimum Gasteiger partial charge on any atom is -0.379 e. The van der Waals surface area contributed by atoms with Gasteiger partial charge in [0.25, 0.3) is 0 Å². The number of Topliss-reactive ketones (excluding diaryl/α,β-unsaturated/α-hetero) is 1. The van der Waals surface area contributed by atoms with Crippen molar-refractivity contribution in [2.75, 3.05) is 33.0 Å². The first-order valence-corrected chi connectivity index (χ1v) is 6.83. The van der Waals surface area contributed by atoms with Crippen LogP contribution in [0, 0.1) is 5.41 Å². The van der Waals surface area contributed by atoms with Crippen LogP contribution in [-0.4, -0.2) is 44.7 Å². The Morgan fingerprint density at radius 2 is 1.58 bits per heavy atom. The molecule has 5 heteroatoms. The van der Waals surface area contributed by atoms with E-state index in [0.29, 0.717) is 45.8 Å². The number of ether oxygens (including phenoxy) is 2. The summed E-state index contributed by atoms with van der Waals surface area (Å²) in [5, 5.41) is 2.80. The lowest BCUT2D eigenvalue weighted by atomic mass is 9.96. The molecule has 0 radical (unpaired) electrons. The Bertz CT molecular complexity index is 271. The minimum absolute atomic E-state index is 0.0189. The molecule has 19 heavy (non-hydrogen) atoms. The van der Waals surface area contributed by atoms with Crippen molar-refractivity contribution in [3.05, 3.63) is 0 Å². The molecule has 0 spiro atoms. The average Bonchev–Trinajstić information content (AvgIpc) is 2.34. The molecule has 0 aliphatic carbocycles. The van der Waals surface area contributed by atoms with Crippen LogP contribution in [0.15, 0.2) is 0 Å². The van der Waals surface area contributed by atoms with Crippen LogP contribution >= 0.6 is 0 Å². The van der Waals surface area contributed by atoms with Crippen molar-refractivity contribution < 1.29 is 19.1 Å². The van der Waals surface area contributed by atoms with Gasteiger partial charge in [-0.1, -0.05) is 27.7 Å². The Balaban J connectivity index is 3.28. The lowest BCUT2D eigenvalue weighted by Gasteiger charge is -2.17. The van der Waals surface area contributed by atoms with Gasteiger partial charge in [0.05, 0.1) is 26.4 Å². The summed E-state index contributed by atoms with van der Waals surface area (Å²) < 4.78 is 10.6. The molecule has 0 aromatic rings. The van der Waals surface area contributed by atoms with Crippen LogP contribution in [0.3, 0.4) is 0 Å². The summed E-state index contributed by atoms with van der Waals surface area (Å²) >= 11 is 0. The van der Waals surface area contributed by atoms with Crippen molar-refractivity contribution in [1.82, 2.24) is 5.32 Å². The van der Waals surface area contributed by atoms with Gasteiger partial charge in [0.1, 0.15) is 5.78 Å². The third-order valence-electron chi connectivity index (χ3n) is 2.50. The molecule has 0 aliphatic rings. The lowest BCUT2D eigenvalue weighted by Crippen LogP contribution is -2.36. The van der Waals surface area contributed by atoms with Gasteiger partial charge in [-0.2, -0.15) is 0 Å². The van der Waals surface area contributed by atoms with Crippen LogP contribution in [0.1, 0.15) is 40.5 Å². The number of nitrogens with one attached hydrogen (secondary N) is 1. The predicted molar refractivity (Wildman–Crippen MR) is 74.0 cm³/mol. The molecule has 0 rings (SSSR count). The summed E-state index contributed by atoms with van der Waals surface area (Å²) in [6.45, 7) is 9.84.